The number of nitrogens with one attached hydrogen (secondary N) is 2. The number of nitrogens with two attached hydrogens (primary N) is 8. The Morgan fingerprint density at radius 1 is 0.354 bits per heavy atom. The lowest BCUT2D eigenvalue weighted by atomic mass is 9.86. The summed E-state index contributed by atoms with van der Waals surface area (Å²) < 4.78 is 0. The zero-order valence-corrected chi connectivity index (χ0v) is 34.6. The largest absolute Gasteiger partial charge is 0.330 e. The van der Waals surface area contributed by atoms with E-state index in [9.17, 15) is 0 Å². The van der Waals surface area contributed by atoms with Gasteiger partial charge in [0, 0.05) is 144 Å². The lowest BCUT2D eigenvalue weighted by molar-refractivity contribution is 0.243. The summed E-state index contributed by atoms with van der Waals surface area (Å²) in [6.45, 7) is 8.19. The first-order chi connectivity index (χ1) is 23.5. The molecule has 16 heteroatoms. The predicted molar refractivity (Wildman–Crippen MR) is 230 cm³/mol. The van der Waals surface area contributed by atoms with Gasteiger partial charge in [-0.1, -0.05) is 0 Å². The van der Waals surface area contributed by atoms with Crippen LogP contribution in [0.15, 0.2) is 0 Å². The van der Waals surface area contributed by atoms with Crippen molar-refractivity contribution in [2.24, 2.45) is 45.9 Å². The van der Waals surface area contributed by atoms with Crippen molar-refractivity contribution in [3.63, 3.8) is 0 Å². The van der Waals surface area contributed by atoms with Gasteiger partial charge in [0.2, 0.25) is 0 Å². The van der Waals surface area contributed by atoms with E-state index in [1.807, 2.05) is 70.6 Å². The first kappa shape index (κ1) is 47.7. The third kappa shape index (κ3) is 22.0. The van der Waals surface area contributed by atoms with Crippen LogP contribution in [0, 0.1) is 0 Å². The van der Waals surface area contributed by atoms with Crippen molar-refractivity contribution in [2.45, 2.75) is 94.9 Å². The molecule has 0 amide bonds. The molecular formula is C32H74N10S6. The van der Waals surface area contributed by atoms with Crippen LogP contribution in [0.4, 0.5) is 0 Å². The fourth-order valence-electron chi connectivity index (χ4n) is 5.30. The van der Waals surface area contributed by atoms with Crippen LogP contribution in [0.2, 0.25) is 0 Å². The van der Waals surface area contributed by atoms with Crippen LogP contribution in [0.25, 0.3) is 0 Å². The van der Waals surface area contributed by atoms with E-state index in [1.165, 1.54) is 51.4 Å². The Bertz CT molecular complexity index is 583. The molecule has 4 aliphatic carbocycles. The molecule has 0 aromatic carbocycles. The molecule has 4 aliphatic rings. The van der Waals surface area contributed by atoms with Gasteiger partial charge in [0.1, 0.15) is 0 Å². The summed E-state index contributed by atoms with van der Waals surface area (Å²) in [5, 5.41) is 12.0. The Balaban J connectivity index is 0.000000320. The van der Waals surface area contributed by atoms with Crippen LogP contribution >= 0.6 is 70.6 Å². The van der Waals surface area contributed by atoms with E-state index >= 15 is 0 Å². The van der Waals surface area contributed by atoms with Crippen molar-refractivity contribution in [2.75, 3.05) is 100.0 Å². The molecule has 4 rings (SSSR count). The average molecular weight is 791 g/mol. The molecular weight excluding hydrogens is 717 g/mol. The van der Waals surface area contributed by atoms with Gasteiger partial charge in [-0.15, -0.1) is 0 Å². The Labute approximate surface area is 320 Å². The first-order valence-corrected chi connectivity index (χ1v) is 24.6. The highest BCUT2D eigenvalue weighted by Crippen LogP contribution is 2.41. The summed E-state index contributed by atoms with van der Waals surface area (Å²) in [4.78, 5) is 0. The van der Waals surface area contributed by atoms with Gasteiger partial charge in [-0.25, -0.2) is 0 Å². The first-order valence-electron chi connectivity index (χ1n) is 18.3. The third-order valence-corrected chi connectivity index (χ3v) is 17.3. The summed E-state index contributed by atoms with van der Waals surface area (Å²) in [5.74, 6) is 6.71. The lowest BCUT2D eigenvalue weighted by Gasteiger charge is -2.38. The SMILES string of the molecule is NCCNC1CCC1NCCN.NCCSC1CC(SCCN)C1.NCCSC1CCC1SCCN.NCCSC1CCC1SCCN. The zero-order valence-electron chi connectivity index (χ0n) is 29.7. The Morgan fingerprint density at radius 2 is 0.625 bits per heavy atom. The van der Waals surface area contributed by atoms with E-state index in [1.54, 1.807) is 0 Å². The maximum absolute atomic E-state index is 5.45. The zero-order chi connectivity index (χ0) is 35.2. The van der Waals surface area contributed by atoms with Gasteiger partial charge in [-0.2, -0.15) is 70.6 Å². The molecule has 0 saturated heterocycles. The number of hydrogen-bond acceptors (Lipinski definition) is 16. The summed E-state index contributed by atoms with van der Waals surface area (Å²) in [6, 6.07) is 1.25. The summed E-state index contributed by atoms with van der Waals surface area (Å²) in [6.07, 6.45) is 10.8. The van der Waals surface area contributed by atoms with Gasteiger partial charge >= 0.3 is 0 Å². The second-order valence-corrected chi connectivity index (χ2v) is 20.5. The smallest absolute Gasteiger partial charge is 0.0222 e. The van der Waals surface area contributed by atoms with Gasteiger partial charge in [-0.3, -0.25) is 0 Å². The minimum Gasteiger partial charge on any atom is -0.330 e. The van der Waals surface area contributed by atoms with Crippen LogP contribution in [-0.2, 0) is 0 Å². The molecule has 0 heterocycles. The van der Waals surface area contributed by atoms with Gasteiger partial charge < -0.3 is 56.5 Å². The normalized spacial score (nSPS) is 28.5. The molecule has 10 nitrogen and oxygen atoms in total. The van der Waals surface area contributed by atoms with Crippen molar-refractivity contribution in [3.8, 4) is 0 Å². The highest BCUT2D eigenvalue weighted by Gasteiger charge is 2.32. The maximum Gasteiger partial charge on any atom is 0.0222 e. The summed E-state index contributed by atoms with van der Waals surface area (Å²) in [7, 11) is 0. The van der Waals surface area contributed by atoms with Crippen molar-refractivity contribution < 1.29 is 0 Å². The van der Waals surface area contributed by atoms with E-state index in [-0.39, 0.29) is 0 Å². The number of rotatable bonds is 24. The standard InChI is InChI=1S/C8H20N4.3C8H18N2S2/c9-3-5-11-7-1-2-8(7)12-6-4-10;9-1-3-11-7-5-8(6-7)12-4-2-10;2*9-3-5-11-7-1-2-8(7)12-6-4-10/h7-8,11-12H,1-6,9-10H2;3*7-8H,1-6,9-10H2. The molecule has 288 valence electrons. The van der Waals surface area contributed by atoms with Crippen LogP contribution in [0.5, 0.6) is 0 Å². The minimum absolute atomic E-state index is 0.625. The molecule has 6 unspecified atom stereocenters. The van der Waals surface area contributed by atoms with Gasteiger partial charge in [0.05, 0.1) is 0 Å². The van der Waals surface area contributed by atoms with Crippen LogP contribution in [0.3, 0.4) is 0 Å². The monoisotopic (exact) mass is 790 g/mol. The maximum atomic E-state index is 5.45. The second-order valence-electron chi connectivity index (χ2n) is 12.3. The average Bonchev–Trinajstić information content (AvgIpc) is 3.04. The second kappa shape index (κ2) is 33.3. The van der Waals surface area contributed by atoms with E-state index in [2.05, 4.69) is 10.6 Å². The fraction of sp³-hybridized carbons (Fsp3) is 1.00. The molecule has 4 saturated carbocycles. The minimum atomic E-state index is 0.625. The van der Waals surface area contributed by atoms with Crippen molar-refractivity contribution in [1.82, 2.24) is 10.6 Å². The van der Waals surface area contributed by atoms with E-state index in [4.69, 9.17) is 45.9 Å². The molecule has 0 aromatic rings. The quantitative estimate of drug-likeness (QED) is 0.0665. The molecule has 0 aromatic heterocycles. The number of hydrogen-bond donors (Lipinski definition) is 10. The van der Waals surface area contributed by atoms with Crippen molar-refractivity contribution in [3.05, 3.63) is 0 Å². The molecule has 18 N–H and O–H groups in total. The Morgan fingerprint density at radius 3 is 0.833 bits per heavy atom. The fourth-order valence-corrected chi connectivity index (χ4v) is 13.3. The Kier molecular flexibility index (Phi) is 33.1. The molecule has 0 aliphatic heterocycles. The molecule has 0 bridgehead atoms. The van der Waals surface area contributed by atoms with Crippen LogP contribution < -0.4 is 56.5 Å². The van der Waals surface area contributed by atoms with Crippen LogP contribution in [-0.4, -0.2) is 144 Å². The van der Waals surface area contributed by atoms with E-state index < -0.39 is 0 Å². The van der Waals surface area contributed by atoms with Crippen molar-refractivity contribution in [1.29, 1.82) is 0 Å². The molecule has 0 radical (unpaired) electrons. The summed E-state index contributed by atoms with van der Waals surface area (Å²) in [5.41, 5.74) is 43.5. The van der Waals surface area contributed by atoms with Crippen molar-refractivity contribution >= 4 is 70.6 Å². The number of thioether (sulfide) groups is 6. The lowest BCUT2D eigenvalue weighted by Crippen LogP contribution is -2.56. The van der Waals surface area contributed by atoms with E-state index in [0.29, 0.717) is 12.1 Å². The molecule has 48 heavy (non-hydrogen) atoms. The van der Waals surface area contributed by atoms with Gasteiger partial charge in [-0.05, 0) is 51.4 Å². The third-order valence-electron chi connectivity index (χ3n) is 8.47. The predicted octanol–water partition coefficient (Wildman–Crippen LogP) is 1.32. The summed E-state index contributed by atoms with van der Waals surface area (Å²) >= 11 is 12.2. The highest BCUT2D eigenvalue weighted by molar-refractivity contribution is 8.04. The molecule has 6 atom stereocenters. The van der Waals surface area contributed by atoms with Gasteiger partial charge in [0.15, 0.2) is 0 Å². The van der Waals surface area contributed by atoms with E-state index in [0.717, 1.165) is 131 Å². The molecule has 0 spiro atoms. The Hall–Kier alpha value is 1.70. The van der Waals surface area contributed by atoms with Gasteiger partial charge in [0.25, 0.3) is 0 Å². The van der Waals surface area contributed by atoms with Crippen LogP contribution in [0.1, 0.15) is 51.4 Å². The highest BCUT2D eigenvalue weighted by atomic mass is 32.2. The molecule has 4 fully saturated rings. The topological polar surface area (TPSA) is 232 Å².